The second kappa shape index (κ2) is 6.60. The van der Waals surface area contributed by atoms with Gasteiger partial charge in [0.1, 0.15) is 0 Å². The SMILES string of the molecule is CCc1c(C(=O)O)ccc(N(C)C)c1CCC(C)C. The Bertz CT molecular complexity index is 450. The van der Waals surface area contributed by atoms with Gasteiger partial charge in [0, 0.05) is 19.8 Å². The summed E-state index contributed by atoms with van der Waals surface area (Å²) >= 11 is 0. The summed E-state index contributed by atoms with van der Waals surface area (Å²) in [7, 11) is 4.02. The molecular formula is C16H25NO2. The Balaban J connectivity index is 3.32. The second-order valence-corrected chi connectivity index (χ2v) is 5.58. The Hall–Kier alpha value is -1.51. The number of carboxylic acids is 1. The van der Waals surface area contributed by atoms with E-state index in [0.29, 0.717) is 11.5 Å². The molecule has 0 aromatic heterocycles. The van der Waals surface area contributed by atoms with Crippen molar-refractivity contribution in [2.75, 3.05) is 19.0 Å². The number of anilines is 1. The van der Waals surface area contributed by atoms with Gasteiger partial charge in [-0.15, -0.1) is 0 Å². The molecule has 0 saturated heterocycles. The molecule has 0 heterocycles. The molecule has 0 spiro atoms. The number of carboxylic acid groups (broad SMARTS) is 1. The molecule has 0 atom stereocenters. The van der Waals surface area contributed by atoms with E-state index in [1.807, 2.05) is 27.1 Å². The fourth-order valence-electron chi connectivity index (χ4n) is 2.42. The zero-order chi connectivity index (χ0) is 14.6. The first-order valence-electron chi connectivity index (χ1n) is 6.93. The minimum Gasteiger partial charge on any atom is -0.478 e. The van der Waals surface area contributed by atoms with Crippen molar-refractivity contribution in [3.05, 3.63) is 28.8 Å². The van der Waals surface area contributed by atoms with E-state index in [9.17, 15) is 9.90 Å². The smallest absolute Gasteiger partial charge is 0.335 e. The zero-order valence-electron chi connectivity index (χ0n) is 12.7. The maximum atomic E-state index is 11.3. The van der Waals surface area contributed by atoms with Crippen LogP contribution in [0.2, 0.25) is 0 Å². The van der Waals surface area contributed by atoms with Gasteiger partial charge in [-0.3, -0.25) is 0 Å². The van der Waals surface area contributed by atoms with E-state index in [1.54, 1.807) is 6.07 Å². The summed E-state index contributed by atoms with van der Waals surface area (Å²) in [6.45, 7) is 6.42. The van der Waals surface area contributed by atoms with Gasteiger partial charge in [-0.25, -0.2) is 4.79 Å². The fraction of sp³-hybridized carbons (Fsp3) is 0.562. The van der Waals surface area contributed by atoms with Crippen LogP contribution in [-0.4, -0.2) is 25.2 Å². The van der Waals surface area contributed by atoms with Crippen molar-refractivity contribution in [3.8, 4) is 0 Å². The van der Waals surface area contributed by atoms with Gasteiger partial charge in [0.15, 0.2) is 0 Å². The Morgan fingerprint density at radius 2 is 1.89 bits per heavy atom. The molecule has 1 rings (SSSR count). The number of hydrogen-bond donors (Lipinski definition) is 1. The number of nitrogens with zero attached hydrogens (tertiary/aromatic N) is 1. The Morgan fingerprint density at radius 1 is 1.26 bits per heavy atom. The van der Waals surface area contributed by atoms with Crippen molar-refractivity contribution in [2.24, 2.45) is 5.92 Å². The summed E-state index contributed by atoms with van der Waals surface area (Å²) in [5.74, 6) is -0.207. The highest BCUT2D eigenvalue weighted by Crippen LogP contribution is 2.28. The summed E-state index contributed by atoms with van der Waals surface area (Å²) < 4.78 is 0. The molecule has 0 bridgehead atoms. The van der Waals surface area contributed by atoms with Crippen LogP contribution in [0.15, 0.2) is 12.1 Å². The summed E-state index contributed by atoms with van der Waals surface area (Å²) in [5, 5.41) is 9.31. The summed E-state index contributed by atoms with van der Waals surface area (Å²) in [6, 6.07) is 3.66. The molecule has 1 N–H and O–H groups in total. The minimum absolute atomic E-state index is 0.451. The van der Waals surface area contributed by atoms with Crippen molar-refractivity contribution in [1.29, 1.82) is 0 Å². The van der Waals surface area contributed by atoms with Crippen molar-refractivity contribution in [3.63, 3.8) is 0 Å². The highest BCUT2D eigenvalue weighted by molar-refractivity contribution is 5.91. The lowest BCUT2D eigenvalue weighted by atomic mass is 9.91. The predicted molar refractivity (Wildman–Crippen MR) is 80.3 cm³/mol. The lowest BCUT2D eigenvalue weighted by Gasteiger charge is -2.22. The molecule has 0 aliphatic carbocycles. The molecule has 3 heteroatoms. The molecule has 0 radical (unpaired) electrons. The van der Waals surface area contributed by atoms with Crippen LogP contribution in [0.1, 0.15) is 48.7 Å². The van der Waals surface area contributed by atoms with Gasteiger partial charge in [0.25, 0.3) is 0 Å². The molecule has 0 unspecified atom stereocenters. The number of rotatable bonds is 6. The van der Waals surface area contributed by atoms with Crippen molar-refractivity contribution < 1.29 is 9.90 Å². The van der Waals surface area contributed by atoms with Crippen LogP contribution in [0.3, 0.4) is 0 Å². The third-order valence-electron chi connectivity index (χ3n) is 3.44. The van der Waals surface area contributed by atoms with Crippen LogP contribution in [0.25, 0.3) is 0 Å². The van der Waals surface area contributed by atoms with E-state index in [-0.39, 0.29) is 0 Å². The average molecular weight is 263 g/mol. The largest absolute Gasteiger partial charge is 0.478 e. The summed E-state index contributed by atoms with van der Waals surface area (Å²) in [5.41, 5.74) is 3.77. The molecule has 3 nitrogen and oxygen atoms in total. The van der Waals surface area contributed by atoms with Gasteiger partial charge in [0.05, 0.1) is 5.56 Å². The molecular weight excluding hydrogens is 238 g/mol. The van der Waals surface area contributed by atoms with E-state index >= 15 is 0 Å². The second-order valence-electron chi connectivity index (χ2n) is 5.58. The van der Waals surface area contributed by atoms with E-state index in [4.69, 9.17) is 0 Å². The summed E-state index contributed by atoms with van der Waals surface area (Å²) in [6.07, 6.45) is 2.78. The maximum absolute atomic E-state index is 11.3. The topological polar surface area (TPSA) is 40.5 Å². The lowest BCUT2D eigenvalue weighted by Crippen LogP contribution is -2.15. The molecule has 19 heavy (non-hydrogen) atoms. The first-order chi connectivity index (χ1) is 8.88. The molecule has 0 fully saturated rings. The van der Waals surface area contributed by atoms with Gasteiger partial charge < -0.3 is 10.0 Å². The van der Waals surface area contributed by atoms with Crippen molar-refractivity contribution >= 4 is 11.7 Å². The van der Waals surface area contributed by atoms with Crippen molar-refractivity contribution in [2.45, 2.75) is 40.0 Å². The van der Waals surface area contributed by atoms with Crippen LogP contribution in [0.4, 0.5) is 5.69 Å². The number of hydrogen-bond acceptors (Lipinski definition) is 2. The van der Waals surface area contributed by atoms with Gasteiger partial charge in [-0.2, -0.15) is 0 Å². The van der Waals surface area contributed by atoms with Gasteiger partial charge in [-0.1, -0.05) is 20.8 Å². The van der Waals surface area contributed by atoms with E-state index in [2.05, 4.69) is 18.7 Å². The standard InChI is InChI=1S/C16H25NO2/c1-6-12-13(8-7-11(2)3)15(17(4)5)10-9-14(12)16(18)19/h9-11H,6-8H2,1-5H3,(H,18,19). The average Bonchev–Trinajstić information content (AvgIpc) is 2.34. The fourth-order valence-corrected chi connectivity index (χ4v) is 2.42. The molecule has 1 aromatic carbocycles. The first-order valence-corrected chi connectivity index (χ1v) is 6.93. The molecule has 0 saturated carbocycles. The van der Waals surface area contributed by atoms with Gasteiger partial charge in [-0.05, 0) is 48.4 Å². The van der Waals surface area contributed by atoms with E-state index in [1.165, 1.54) is 5.56 Å². The molecule has 106 valence electrons. The molecule has 0 aliphatic rings. The van der Waals surface area contributed by atoms with Crippen LogP contribution in [-0.2, 0) is 12.8 Å². The lowest BCUT2D eigenvalue weighted by molar-refractivity contribution is 0.0695. The Labute approximate surface area is 116 Å². The molecule has 0 amide bonds. The van der Waals surface area contributed by atoms with Gasteiger partial charge >= 0.3 is 5.97 Å². The van der Waals surface area contributed by atoms with Crippen LogP contribution >= 0.6 is 0 Å². The Morgan fingerprint density at radius 3 is 2.32 bits per heavy atom. The maximum Gasteiger partial charge on any atom is 0.335 e. The first kappa shape index (κ1) is 15.5. The number of benzene rings is 1. The van der Waals surface area contributed by atoms with Crippen LogP contribution in [0, 0.1) is 5.92 Å². The molecule has 1 aromatic rings. The quantitative estimate of drug-likeness (QED) is 0.852. The number of carbonyl (C=O) groups is 1. The third kappa shape index (κ3) is 3.72. The van der Waals surface area contributed by atoms with Crippen LogP contribution in [0.5, 0.6) is 0 Å². The highest BCUT2D eigenvalue weighted by Gasteiger charge is 2.17. The normalized spacial score (nSPS) is 10.8. The van der Waals surface area contributed by atoms with E-state index < -0.39 is 5.97 Å². The third-order valence-corrected chi connectivity index (χ3v) is 3.44. The molecule has 0 aliphatic heterocycles. The van der Waals surface area contributed by atoms with Crippen LogP contribution < -0.4 is 4.90 Å². The zero-order valence-corrected chi connectivity index (χ0v) is 12.7. The monoisotopic (exact) mass is 263 g/mol. The predicted octanol–water partition coefficient (Wildman–Crippen LogP) is 3.60. The summed E-state index contributed by atoms with van der Waals surface area (Å²) in [4.78, 5) is 13.4. The van der Waals surface area contributed by atoms with Gasteiger partial charge in [0.2, 0.25) is 0 Å². The van der Waals surface area contributed by atoms with Crippen molar-refractivity contribution in [1.82, 2.24) is 0 Å². The Kier molecular flexibility index (Phi) is 5.40. The minimum atomic E-state index is -0.826. The number of aromatic carboxylic acids is 1. The highest BCUT2D eigenvalue weighted by atomic mass is 16.4. The van der Waals surface area contributed by atoms with E-state index in [0.717, 1.165) is 30.5 Å².